The van der Waals surface area contributed by atoms with Crippen LogP contribution < -0.4 is 10.2 Å². The Bertz CT molecular complexity index is 791. The van der Waals surface area contributed by atoms with Crippen molar-refractivity contribution < 1.29 is 14.5 Å². The number of halogens is 1. The van der Waals surface area contributed by atoms with Crippen LogP contribution in [0.1, 0.15) is 29.3 Å². The van der Waals surface area contributed by atoms with E-state index in [-0.39, 0.29) is 11.6 Å². The molecule has 25 heavy (non-hydrogen) atoms. The lowest BCUT2D eigenvalue weighted by atomic mass is 10.2. The van der Waals surface area contributed by atoms with Crippen LogP contribution in [-0.2, 0) is 0 Å². The standard InChI is InChI=1S/C17H16BrN3O4/c1-2-9-25-15-7-4-12(5-8-15)17(22)20-19-11-13-3-6-14(21(23)24)10-16(13)18/h3-8,10-11H,2,9H2,1H3,(H,20,22)/b19-11-. The Morgan fingerprint density at radius 3 is 2.64 bits per heavy atom. The van der Waals surface area contributed by atoms with E-state index in [1.165, 1.54) is 24.4 Å². The van der Waals surface area contributed by atoms with E-state index in [1.54, 1.807) is 24.3 Å². The molecule has 0 fully saturated rings. The highest BCUT2D eigenvalue weighted by Gasteiger charge is 2.08. The number of nitro benzene ring substituents is 1. The summed E-state index contributed by atoms with van der Waals surface area (Å²) in [4.78, 5) is 22.2. The minimum atomic E-state index is -0.485. The number of rotatable bonds is 7. The van der Waals surface area contributed by atoms with E-state index in [1.807, 2.05) is 6.92 Å². The van der Waals surface area contributed by atoms with E-state index >= 15 is 0 Å². The Kier molecular flexibility index (Phi) is 6.64. The molecule has 2 aromatic rings. The van der Waals surface area contributed by atoms with Crippen LogP contribution in [-0.4, -0.2) is 23.7 Å². The van der Waals surface area contributed by atoms with Gasteiger partial charge in [0.25, 0.3) is 11.6 Å². The summed E-state index contributed by atoms with van der Waals surface area (Å²) < 4.78 is 5.97. The molecule has 0 aliphatic heterocycles. The first kappa shape index (κ1) is 18.6. The Balaban J connectivity index is 1.97. The first-order valence-corrected chi connectivity index (χ1v) is 8.30. The maximum absolute atomic E-state index is 12.0. The van der Waals surface area contributed by atoms with Gasteiger partial charge >= 0.3 is 0 Å². The monoisotopic (exact) mass is 405 g/mol. The molecule has 7 nitrogen and oxygen atoms in total. The molecule has 0 aliphatic carbocycles. The number of nitrogens with one attached hydrogen (secondary N) is 1. The number of hydrazone groups is 1. The first-order valence-electron chi connectivity index (χ1n) is 7.51. The van der Waals surface area contributed by atoms with E-state index in [2.05, 4.69) is 26.5 Å². The van der Waals surface area contributed by atoms with E-state index in [9.17, 15) is 14.9 Å². The van der Waals surface area contributed by atoms with Crippen LogP contribution in [0.25, 0.3) is 0 Å². The zero-order valence-corrected chi connectivity index (χ0v) is 15.0. The molecule has 0 heterocycles. The van der Waals surface area contributed by atoms with Gasteiger partial charge < -0.3 is 4.74 Å². The first-order chi connectivity index (χ1) is 12.0. The Labute approximate surface area is 153 Å². The van der Waals surface area contributed by atoms with Crippen molar-refractivity contribution in [2.75, 3.05) is 6.61 Å². The van der Waals surface area contributed by atoms with E-state index in [0.717, 1.165) is 6.42 Å². The second-order valence-corrected chi connectivity index (χ2v) is 5.89. The van der Waals surface area contributed by atoms with Gasteiger partial charge in [0.15, 0.2) is 0 Å². The third-order valence-corrected chi connectivity index (χ3v) is 3.84. The van der Waals surface area contributed by atoms with Crippen LogP contribution in [0.4, 0.5) is 5.69 Å². The molecule has 8 heteroatoms. The average molecular weight is 406 g/mol. The molecular formula is C17H16BrN3O4. The molecule has 130 valence electrons. The topological polar surface area (TPSA) is 93.8 Å². The minimum Gasteiger partial charge on any atom is -0.494 e. The number of benzene rings is 2. The second-order valence-electron chi connectivity index (χ2n) is 5.03. The molecule has 0 aromatic heterocycles. The molecule has 1 N–H and O–H groups in total. The van der Waals surface area contributed by atoms with Crippen molar-refractivity contribution in [1.82, 2.24) is 5.43 Å². The minimum absolute atomic E-state index is 0.0292. The molecule has 0 unspecified atom stereocenters. The quantitative estimate of drug-likeness (QED) is 0.429. The molecule has 1 amide bonds. The second kappa shape index (κ2) is 8.93. The maximum atomic E-state index is 12.0. The predicted molar refractivity (Wildman–Crippen MR) is 98.1 cm³/mol. The number of ether oxygens (including phenoxy) is 1. The van der Waals surface area contributed by atoms with Gasteiger partial charge in [-0.25, -0.2) is 5.43 Å². The van der Waals surface area contributed by atoms with Crippen LogP contribution in [0.15, 0.2) is 52.0 Å². The summed E-state index contributed by atoms with van der Waals surface area (Å²) in [6.07, 6.45) is 2.32. The summed E-state index contributed by atoms with van der Waals surface area (Å²) in [6, 6.07) is 11.0. The normalized spacial score (nSPS) is 10.6. The van der Waals surface area contributed by atoms with Gasteiger partial charge in [-0.2, -0.15) is 5.10 Å². The number of nitrogens with zero attached hydrogens (tertiary/aromatic N) is 2. The highest BCUT2D eigenvalue weighted by atomic mass is 79.9. The van der Waals surface area contributed by atoms with Gasteiger partial charge in [0.05, 0.1) is 17.7 Å². The molecule has 0 aliphatic rings. The molecule has 0 atom stereocenters. The number of carbonyl (C=O) groups is 1. The van der Waals surface area contributed by atoms with Crippen LogP contribution in [0, 0.1) is 10.1 Å². The van der Waals surface area contributed by atoms with Gasteiger partial charge in [0.1, 0.15) is 5.75 Å². The van der Waals surface area contributed by atoms with Gasteiger partial charge in [0, 0.05) is 27.7 Å². The summed E-state index contributed by atoms with van der Waals surface area (Å²) in [6.45, 7) is 2.64. The predicted octanol–water partition coefficient (Wildman–Crippen LogP) is 3.91. The number of hydrogen-bond acceptors (Lipinski definition) is 5. The smallest absolute Gasteiger partial charge is 0.271 e. The molecule has 0 radical (unpaired) electrons. The Morgan fingerprint density at radius 1 is 1.32 bits per heavy atom. The van der Waals surface area contributed by atoms with Crippen LogP contribution in [0.5, 0.6) is 5.75 Å². The Hall–Kier alpha value is -2.74. The lowest BCUT2D eigenvalue weighted by Gasteiger charge is -2.05. The summed E-state index contributed by atoms with van der Waals surface area (Å²) in [5.74, 6) is 0.341. The lowest BCUT2D eigenvalue weighted by molar-refractivity contribution is -0.384. The number of nitro groups is 1. The molecular weight excluding hydrogens is 390 g/mol. The SMILES string of the molecule is CCCOc1ccc(C(=O)N/N=C\c2ccc([N+](=O)[O-])cc2Br)cc1. The number of amides is 1. The van der Waals surface area contributed by atoms with E-state index in [0.29, 0.717) is 28.0 Å². The van der Waals surface area contributed by atoms with Crippen molar-refractivity contribution in [2.45, 2.75) is 13.3 Å². The maximum Gasteiger partial charge on any atom is 0.271 e. The van der Waals surface area contributed by atoms with Crippen molar-refractivity contribution >= 4 is 33.7 Å². The zero-order valence-electron chi connectivity index (χ0n) is 13.4. The fourth-order valence-corrected chi connectivity index (χ4v) is 2.35. The van der Waals surface area contributed by atoms with Crippen molar-refractivity contribution in [1.29, 1.82) is 0 Å². The highest BCUT2D eigenvalue weighted by Crippen LogP contribution is 2.21. The molecule has 2 aromatic carbocycles. The molecule has 0 spiro atoms. The van der Waals surface area contributed by atoms with Gasteiger partial charge in [-0.1, -0.05) is 6.92 Å². The largest absolute Gasteiger partial charge is 0.494 e. The molecule has 2 rings (SSSR count). The lowest BCUT2D eigenvalue weighted by Crippen LogP contribution is -2.17. The van der Waals surface area contributed by atoms with Gasteiger partial charge in [-0.05, 0) is 52.7 Å². The number of carbonyl (C=O) groups excluding carboxylic acids is 1. The molecule has 0 saturated heterocycles. The summed E-state index contributed by atoms with van der Waals surface area (Å²) >= 11 is 3.23. The fraction of sp³-hybridized carbons (Fsp3) is 0.176. The van der Waals surface area contributed by atoms with Crippen molar-refractivity contribution in [3.8, 4) is 5.75 Å². The number of hydrogen-bond donors (Lipinski definition) is 1. The zero-order chi connectivity index (χ0) is 18.2. The third kappa shape index (κ3) is 5.39. The Morgan fingerprint density at radius 2 is 2.04 bits per heavy atom. The van der Waals surface area contributed by atoms with Gasteiger partial charge in [-0.15, -0.1) is 0 Å². The average Bonchev–Trinajstić information content (AvgIpc) is 2.61. The van der Waals surface area contributed by atoms with E-state index in [4.69, 9.17) is 4.74 Å². The van der Waals surface area contributed by atoms with Crippen molar-refractivity contribution in [3.05, 3.63) is 68.2 Å². The summed E-state index contributed by atoms with van der Waals surface area (Å²) in [7, 11) is 0. The fourth-order valence-electron chi connectivity index (χ4n) is 1.88. The van der Waals surface area contributed by atoms with Crippen LogP contribution in [0.2, 0.25) is 0 Å². The summed E-state index contributed by atoms with van der Waals surface area (Å²) in [5.41, 5.74) is 3.43. The summed E-state index contributed by atoms with van der Waals surface area (Å²) in [5, 5.41) is 14.6. The van der Waals surface area contributed by atoms with Crippen LogP contribution in [0.3, 0.4) is 0 Å². The van der Waals surface area contributed by atoms with E-state index < -0.39 is 4.92 Å². The highest BCUT2D eigenvalue weighted by molar-refractivity contribution is 9.10. The van der Waals surface area contributed by atoms with Crippen molar-refractivity contribution in [2.24, 2.45) is 5.10 Å². The van der Waals surface area contributed by atoms with Gasteiger partial charge in [-0.3, -0.25) is 14.9 Å². The molecule has 0 bridgehead atoms. The van der Waals surface area contributed by atoms with Gasteiger partial charge in [0.2, 0.25) is 0 Å². The number of non-ortho nitro benzene ring substituents is 1. The van der Waals surface area contributed by atoms with Crippen molar-refractivity contribution in [3.63, 3.8) is 0 Å². The molecule has 0 saturated carbocycles. The van der Waals surface area contributed by atoms with Crippen LogP contribution >= 0.6 is 15.9 Å². The third-order valence-electron chi connectivity index (χ3n) is 3.15.